The van der Waals surface area contributed by atoms with E-state index in [2.05, 4.69) is 15.9 Å². The van der Waals surface area contributed by atoms with Crippen LogP contribution in [0.4, 0.5) is 0 Å². The van der Waals surface area contributed by atoms with Crippen molar-refractivity contribution >= 4 is 37.5 Å². The number of ketones is 1. The van der Waals surface area contributed by atoms with Crippen molar-refractivity contribution in [1.29, 1.82) is 0 Å². The molecule has 0 atom stereocenters. The molecule has 0 unspecified atom stereocenters. The second kappa shape index (κ2) is 4.47. The Bertz CT molecular complexity index is 631. The smallest absolute Gasteiger partial charge is 0.377 e. The molecule has 96 valence electrons. The van der Waals surface area contributed by atoms with Gasteiger partial charge in [-0.25, -0.2) is 13.2 Å². The first-order chi connectivity index (χ1) is 8.34. The normalized spacial score (nSPS) is 15.4. The van der Waals surface area contributed by atoms with E-state index < -0.39 is 21.6 Å². The lowest BCUT2D eigenvalue weighted by atomic mass is 10.1. The maximum absolute atomic E-state index is 12.0. The van der Waals surface area contributed by atoms with Crippen LogP contribution in [0.15, 0.2) is 27.6 Å². The lowest BCUT2D eigenvalue weighted by Gasteiger charge is -2.06. The van der Waals surface area contributed by atoms with Gasteiger partial charge < -0.3 is 5.11 Å². The van der Waals surface area contributed by atoms with Crippen LogP contribution in [-0.2, 0) is 14.6 Å². The molecule has 0 aromatic heterocycles. The van der Waals surface area contributed by atoms with Gasteiger partial charge in [0.2, 0.25) is 0 Å². The summed E-state index contributed by atoms with van der Waals surface area (Å²) in [6, 6.07) is 3.72. The highest BCUT2D eigenvalue weighted by Crippen LogP contribution is 2.36. The van der Waals surface area contributed by atoms with Crippen LogP contribution < -0.4 is 0 Å². The lowest BCUT2D eigenvalue weighted by molar-refractivity contribution is -0.131. The summed E-state index contributed by atoms with van der Waals surface area (Å²) in [6.45, 7) is 0. The third kappa shape index (κ3) is 2.32. The third-order valence-corrected chi connectivity index (χ3v) is 5.89. The first-order valence-electron chi connectivity index (χ1n) is 5.15. The summed E-state index contributed by atoms with van der Waals surface area (Å²) in [6.07, 6.45) is 1.29. The van der Waals surface area contributed by atoms with Crippen LogP contribution in [0.5, 0.6) is 0 Å². The van der Waals surface area contributed by atoms with E-state index in [1.165, 1.54) is 18.2 Å². The van der Waals surface area contributed by atoms with Gasteiger partial charge in [-0.2, -0.15) is 0 Å². The predicted molar refractivity (Wildman–Crippen MR) is 66.3 cm³/mol. The first kappa shape index (κ1) is 13.2. The van der Waals surface area contributed by atoms with Crippen molar-refractivity contribution in [2.24, 2.45) is 0 Å². The van der Waals surface area contributed by atoms with Crippen LogP contribution in [0.2, 0.25) is 0 Å². The first-order valence-corrected chi connectivity index (χ1v) is 7.49. The number of Topliss-reactive ketones (excluding diaryl/α,β-unsaturated/α-hetero) is 1. The van der Waals surface area contributed by atoms with Gasteiger partial charge in [0.15, 0.2) is 9.84 Å². The summed E-state index contributed by atoms with van der Waals surface area (Å²) in [7, 11) is -3.36. The van der Waals surface area contributed by atoms with Gasteiger partial charge in [0, 0.05) is 10.0 Å². The molecular weight excluding hydrogens is 324 g/mol. The van der Waals surface area contributed by atoms with Gasteiger partial charge in [-0.3, -0.25) is 4.79 Å². The summed E-state index contributed by atoms with van der Waals surface area (Å²) in [5, 5.41) is 8.22. The number of carboxylic acids is 1. The maximum atomic E-state index is 12.0. The molecule has 1 N–H and O–H groups in total. The van der Waals surface area contributed by atoms with Gasteiger partial charge >= 0.3 is 5.97 Å². The lowest BCUT2D eigenvalue weighted by Crippen LogP contribution is -2.14. The molecule has 0 spiro atoms. The molecule has 5 nitrogen and oxygen atoms in total. The Morgan fingerprint density at radius 3 is 2.33 bits per heavy atom. The molecule has 1 aliphatic carbocycles. The van der Waals surface area contributed by atoms with Gasteiger partial charge in [0.1, 0.15) is 0 Å². The van der Waals surface area contributed by atoms with E-state index in [-0.39, 0.29) is 20.2 Å². The van der Waals surface area contributed by atoms with Gasteiger partial charge in [0.25, 0.3) is 5.78 Å². The number of aliphatic carboxylic acids is 1. The largest absolute Gasteiger partial charge is 0.475 e. The molecule has 2 rings (SSSR count). The highest BCUT2D eigenvalue weighted by atomic mass is 79.9. The molecule has 1 fully saturated rings. The minimum atomic E-state index is -3.36. The highest BCUT2D eigenvalue weighted by Gasteiger charge is 2.38. The van der Waals surface area contributed by atoms with E-state index in [4.69, 9.17) is 5.11 Å². The molecular formula is C11H9BrO5S. The van der Waals surface area contributed by atoms with Crippen molar-refractivity contribution in [3.05, 3.63) is 28.2 Å². The molecule has 0 heterocycles. The molecule has 1 aliphatic rings. The molecule has 1 aromatic rings. The van der Waals surface area contributed by atoms with Crippen molar-refractivity contribution in [1.82, 2.24) is 0 Å². The Hall–Kier alpha value is -1.21. The number of carbonyl (C=O) groups is 2. The Labute approximate surface area is 112 Å². The number of sulfone groups is 1. The Morgan fingerprint density at radius 2 is 1.89 bits per heavy atom. The second-order valence-corrected chi connectivity index (χ2v) is 7.07. The SMILES string of the molecule is O=C(O)C(=O)c1ccc(S(=O)(=O)C2CC2)c(Br)c1. The number of hydrogen-bond acceptors (Lipinski definition) is 4. The second-order valence-electron chi connectivity index (χ2n) is 4.02. The van der Waals surface area contributed by atoms with Crippen LogP contribution in [0.25, 0.3) is 0 Å². The summed E-state index contributed by atoms with van der Waals surface area (Å²) in [5.41, 5.74) is -0.0517. The number of hydrogen-bond donors (Lipinski definition) is 1. The molecule has 0 bridgehead atoms. The van der Waals surface area contributed by atoms with Crippen molar-refractivity contribution in [3.8, 4) is 0 Å². The number of halogens is 1. The van der Waals surface area contributed by atoms with E-state index in [9.17, 15) is 18.0 Å². The quantitative estimate of drug-likeness (QED) is 0.669. The zero-order valence-corrected chi connectivity index (χ0v) is 11.5. The monoisotopic (exact) mass is 332 g/mol. The summed E-state index contributed by atoms with van der Waals surface area (Å²) in [5.74, 6) is -2.63. The van der Waals surface area contributed by atoms with Gasteiger partial charge in [-0.05, 0) is 47.0 Å². The molecule has 18 heavy (non-hydrogen) atoms. The molecule has 7 heteroatoms. The zero-order chi connectivity index (χ0) is 13.5. The van der Waals surface area contributed by atoms with Crippen molar-refractivity contribution in [2.75, 3.05) is 0 Å². The maximum Gasteiger partial charge on any atom is 0.377 e. The van der Waals surface area contributed by atoms with Crippen molar-refractivity contribution < 1.29 is 23.1 Å². The van der Waals surface area contributed by atoms with Crippen LogP contribution in [0.1, 0.15) is 23.2 Å². The van der Waals surface area contributed by atoms with E-state index in [1.807, 2.05) is 0 Å². The highest BCUT2D eigenvalue weighted by molar-refractivity contribution is 9.10. The predicted octanol–water partition coefficient (Wildman–Crippen LogP) is 1.65. The minimum absolute atomic E-state index is 0.0517. The van der Waals surface area contributed by atoms with E-state index in [0.29, 0.717) is 12.8 Å². The third-order valence-electron chi connectivity index (χ3n) is 2.66. The number of benzene rings is 1. The van der Waals surface area contributed by atoms with E-state index >= 15 is 0 Å². The minimum Gasteiger partial charge on any atom is -0.475 e. The van der Waals surface area contributed by atoms with E-state index in [0.717, 1.165) is 0 Å². The van der Waals surface area contributed by atoms with Crippen molar-refractivity contribution in [2.45, 2.75) is 23.0 Å². The van der Waals surface area contributed by atoms with Gasteiger partial charge in [0.05, 0.1) is 10.1 Å². The van der Waals surface area contributed by atoms with Crippen LogP contribution in [0.3, 0.4) is 0 Å². The fourth-order valence-electron chi connectivity index (χ4n) is 1.55. The number of rotatable bonds is 4. The average Bonchev–Trinajstić information content (AvgIpc) is 3.11. The van der Waals surface area contributed by atoms with E-state index in [1.54, 1.807) is 0 Å². The van der Waals surface area contributed by atoms with Crippen molar-refractivity contribution in [3.63, 3.8) is 0 Å². The molecule has 1 aromatic carbocycles. The number of carboxylic acid groups (broad SMARTS) is 1. The van der Waals surface area contributed by atoms with Crippen LogP contribution >= 0.6 is 15.9 Å². The van der Waals surface area contributed by atoms with Gasteiger partial charge in [-0.1, -0.05) is 0 Å². The number of carbonyl (C=O) groups excluding carboxylic acids is 1. The van der Waals surface area contributed by atoms with Crippen LogP contribution in [-0.4, -0.2) is 30.5 Å². The summed E-state index contributed by atoms with van der Waals surface area (Å²) < 4.78 is 24.2. The molecule has 0 aliphatic heterocycles. The average molecular weight is 333 g/mol. The fraction of sp³-hybridized carbons (Fsp3) is 0.273. The molecule has 0 saturated heterocycles. The van der Waals surface area contributed by atoms with Crippen LogP contribution in [0, 0.1) is 0 Å². The topological polar surface area (TPSA) is 88.5 Å². The van der Waals surface area contributed by atoms with Gasteiger partial charge in [-0.15, -0.1) is 0 Å². The zero-order valence-electron chi connectivity index (χ0n) is 9.09. The summed E-state index contributed by atoms with van der Waals surface area (Å²) >= 11 is 3.07. The fourth-order valence-corrected chi connectivity index (χ4v) is 4.31. The standard InChI is InChI=1S/C11H9BrO5S/c12-8-5-6(10(13)11(14)15)1-4-9(8)18(16,17)7-2-3-7/h1,4-5,7H,2-3H2,(H,14,15). The molecule has 0 radical (unpaired) electrons. The Morgan fingerprint density at radius 1 is 1.28 bits per heavy atom. The Kier molecular flexibility index (Phi) is 3.29. The Balaban J connectivity index is 2.43. The molecule has 0 amide bonds. The molecule has 1 saturated carbocycles. The summed E-state index contributed by atoms with van der Waals surface area (Å²) in [4.78, 5) is 21.9.